The fraction of sp³-hybridized carbons (Fsp3) is 0.688. The first-order valence-electron chi connectivity index (χ1n) is 7.73. The Morgan fingerprint density at radius 1 is 1.35 bits per heavy atom. The van der Waals surface area contributed by atoms with E-state index in [0.29, 0.717) is 12.0 Å². The summed E-state index contributed by atoms with van der Waals surface area (Å²) < 4.78 is 0. The molecule has 0 spiro atoms. The van der Waals surface area contributed by atoms with E-state index in [1.54, 1.807) is 0 Å². The van der Waals surface area contributed by atoms with Crippen molar-refractivity contribution < 1.29 is 5.11 Å². The van der Waals surface area contributed by atoms with E-state index in [0.717, 1.165) is 39.1 Å². The number of β-amino-alcohol motifs (C(OH)–C–C–N with tert-alkyl or cyclic N) is 1. The average molecular weight is 275 g/mol. The second kappa shape index (κ2) is 5.80. The summed E-state index contributed by atoms with van der Waals surface area (Å²) in [5.41, 5.74) is 3.93. The van der Waals surface area contributed by atoms with Crippen LogP contribution in [0.1, 0.15) is 36.7 Å². The monoisotopic (exact) mass is 275 g/mol. The molecule has 0 bridgehead atoms. The molecule has 0 aromatic carbocycles. The SMILES string of the molecule is CC(C)c1ccc2c(n1)CCN(C1CN(CCO)C1)C2. The van der Waals surface area contributed by atoms with Gasteiger partial charge in [-0.05, 0) is 17.5 Å². The Kier molecular flexibility index (Phi) is 4.06. The van der Waals surface area contributed by atoms with Gasteiger partial charge in [-0.3, -0.25) is 14.8 Å². The molecule has 4 heteroatoms. The molecule has 1 fully saturated rings. The first kappa shape index (κ1) is 14.0. The second-order valence-corrected chi connectivity index (χ2v) is 6.35. The molecule has 3 heterocycles. The van der Waals surface area contributed by atoms with Crippen LogP contribution in [0.2, 0.25) is 0 Å². The van der Waals surface area contributed by atoms with Crippen LogP contribution in [0.15, 0.2) is 12.1 Å². The van der Waals surface area contributed by atoms with Crippen LogP contribution in [0.3, 0.4) is 0 Å². The third-order valence-corrected chi connectivity index (χ3v) is 4.56. The van der Waals surface area contributed by atoms with Gasteiger partial charge >= 0.3 is 0 Å². The highest BCUT2D eigenvalue weighted by molar-refractivity contribution is 5.26. The third-order valence-electron chi connectivity index (χ3n) is 4.56. The van der Waals surface area contributed by atoms with Gasteiger partial charge in [0.1, 0.15) is 0 Å². The fourth-order valence-electron chi connectivity index (χ4n) is 3.19. The van der Waals surface area contributed by atoms with Crippen molar-refractivity contribution in [2.45, 2.75) is 38.8 Å². The van der Waals surface area contributed by atoms with E-state index < -0.39 is 0 Å². The van der Waals surface area contributed by atoms with Gasteiger partial charge in [-0.1, -0.05) is 19.9 Å². The summed E-state index contributed by atoms with van der Waals surface area (Å²) in [7, 11) is 0. The van der Waals surface area contributed by atoms with Crippen LogP contribution >= 0.6 is 0 Å². The Hall–Kier alpha value is -0.970. The zero-order chi connectivity index (χ0) is 14.1. The quantitative estimate of drug-likeness (QED) is 0.897. The Balaban J connectivity index is 1.62. The van der Waals surface area contributed by atoms with Crippen LogP contribution in [-0.4, -0.2) is 58.7 Å². The first-order valence-corrected chi connectivity index (χ1v) is 7.73. The van der Waals surface area contributed by atoms with Gasteiger partial charge in [0, 0.05) is 56.6 Å². The van der Waals surface area contributed by atoms with Crippen molar-refractivity contribution in [1.82, 2.24) is 14.8 Å². The summed E-state index contributed by atoms with van der Waals surface area (Å²) in [6, 6.07) is 5.12. The first-order chi connectivity index (χ1) is 9.67. The van der Waals surface area contributed by atoms with Crippen LogP contribution in [0.4, 0.5) is 0 Å². The van der Waals surface area contributed by atoms with Crippen molar-refractivity contribution in [3.8, 4) is 0 Å². The van der Waals surface area contributed by atoms with Crippen molar-refractivity contribution in [2.24, 2.45) is 0 Å². The van der Waals surface area contributed by atoms with Crippen molar-refractivity contribution in [3.63, 3.8) is 0 Å². The van der Waals surface area contributed by atoms with Crippen LogP contribution in [0, 0.1) is 0 Å². The molecule has 1 aromatic rings. The molecule has 1 aromatic heterocycles. The molecule has 1 saturated heterocycles. The minimum atomic E-state index is 0.275. The minimum Gasteiger partial charge on any atom is -0.395 e. The number of pyridine rings is 1. The lowest BCUT2D eigenvalue weighted by atomic mass is 9.98. The Bertz CT molecular complexity index is 469. The summed E-state index contributed by atoms with van der Waals surface area (Å²) in [5.74, 6) is 0.511. The van der Waals surface area contributed by atoms with Gasteiger partial charge in [0.25, 0.3) is 0 Å². The van der Waals surface area contributed by atoms with Crippen molar-refractivity contribution in [1.29, 1.82) is 0 Å². The van der Waals surface area contributed by atoms with Crippen LogP contribution < -0.4 is 0 Å². The number of likely N-dealkylation sites (tertiary alicyclic amines) is 1. The van der Waals surface area contributed by atoms with Crippen molar-refractivity contribution in [3.05, 3.63) is 29.1 Å². The maximum absolute atomic E-state index is 8.94. The highest BCUT2D eigenvalue weighted by Crippen LogP contribution is 2.24. The number of nitrogens with zero attached hydrogens (tertiary/aromatic N) is 3. The molecule has 1 N–H and O–H groups in total. The van der Waals surface area contributed by atoms with Crippen LogP contribution in [0.5, 0.6) is 0 Å². The lowest BCUT2D eigenvalue weighted by Gasteiger charge is -2.46. The Morgan fingerprint density at radius 2 is 2.15 bits per heavy atom. The summed E-state index contributed by atoms with van der Waals surface area (Å²) >= 11 is 0. The average Bonchev–Trinajstić information content (AvgIpc) is 2.41. The molecule has 0 unspecified atom stereocenters. The maximum atomic E-state index is 8.94. The normalized spacial score (nSPS) is 21.0. The number of hydrogen-bond donors (Lipinski definition) is 1. The largest absolute Gasteiger partial charge is 0.395 e. The van der Waals surface area contributed by atoms with Gasteiger partial charge in [-0.15, -0.1) is 0 Å². The molecule has 2 aliphatic heterocycles. The molecule has 20 heavy (non-hydrogen) atoms. The summed E-state index contributed by atoms with van der Waals surface area (Å²) in [6.45, 7) is 9.87. The van der Waals surface area contributed by atoms with Gasteiger partial charge in [-0.2, -0.15) is 0 Å². The molecule has 110 valence electrons. The van der Waals surface area contributed by atoms with Gasteiger partial charge in [-0.25, -0.2) is 0 Å². The highest BCUT2D eigenvalue weighted by atomic mass is 16.3. The van der Waals surface area contributed by atoms with E-state index in [-0.39, 0.29) is 6.61 Å². The topological polar surface area (TPSA) is 39.6 Å². The number of aromatic nitrogens is 1. The predicted octanol–water partition coefficient (Wildman–Crippen LogP) is 1.24. The number of rotatable bonds is 4. The highest BCUT2D eigenvalue weighted by Gasteiger charge is 2.33. The van der Waals surface area contributed by atoms with Crippen molar-refractivity contribution in [2.75, 3.05) is 32.8 Å². The second-order valence-electron chi connectivity index (χ2n) is 6.35. The molecule has 0 amide bonds. The predicted molar refractivity (Wildman–Crippen MR) is 79.8 cm³/mol. The Labute approximate surface area is 121 Å². The summed E-state index contributed by atoms with van der Waals surface area (Å²) in [5, 5.41) is 8.94. The van der Waals surface area contributed by atoms with Gasteiger partial charge in [0.2, 0.25) is 0 Å². The molecule has 2 aliphatic rings. The molecule has 4 nitrogen and oxygen atoms in total. The fourth-order valence-corrected chi connectivity index (χ4v) is 3.19. The molecular weight excluding hydrogens is 250 g/mol. The Morgan fingerprint density at radius 3 is 2.85 bits per heavy atom. The van der Waals surface area contributed by atoms with E-state index in [1.165, 1.54) is 17.0 Å². The van der Waals surface area contributed by atoms with E-state index in [1.807, 2.05) is 0 Å². The molecular formula is C16H25N3O. The smallest absolute Gasteiger partial charge is 0.0558 e. The molecule has 0 atom stereocenters. The lowest BCUT2D eigenvalue weighted by molar-refractivity contribution is 0.0165. The molecule has 3 rings (SSSR count). The summed E-state index contributed by atoms with van der Waals surface area (Å²) in [4.78, 5) is 9.72. The molecule has 0 aliphatic carbocycles. The van der Waals surface area contributed by atoms with Crippen molar-refractivity contribution >= 4 is 0 Å². The maximum Gasteiger partial charge on any atom is 0.0558 e. The van der Waals surface area contributed by atoms with E-state index in [9.17, 15) is 0 Å². The third kappa shape index (κ3) is 2.73. The standard InChI is InChI=1S/C16H25N3O/c1-12(2)15-4-3-13-9-19(6-5-16(13)17-15)14-10-18(11-14)7-8-20/h3-4,12,14,20H,5-11H2,1-2H3. The number of hydrogen-bond acceptors (Lipinski definition) is 4. The van der Waals surface area contributed by atoms with E-state index in [2.05, 4.69) is 35.8 Å². The molecule has 0 radical (unpaired) electrons. The van der Waals surface area contributed by atoms with Gasteiger partial charge in [0.05, 0.1) is 6.61 Å². The summed E-state index contributed by atoms with van der Waals surface area (Å²) in [6.07, 6.45) is 1.08. The van der Waals surface area contributed by atoms with Crippen LogP contribution in [0.25, 0.3) is 0 Å². The van der Waals surface area contributed by atoms with Gasteiger partial charge < -0.3 is 5.11 Å². The zero-order valence-electron chi connectivity index (χ0n) is 12.5. The minimum absolute atomic E-state index is 0.275. The zero-order valence-corrected chi connectivity index (χ0v) is 12.5. The van der Waals surface area contributed by atoms with Crippen LogP contribution in [-0.2, 0) is 13.0 Å². The number of fused-ring (bicyclic) bond motifs is 1. The van der Waals surface area contributed by atoms with E-state index >= 15 is 0 Å². The van der Waals surface area contributed by atoms with E-state index in [4.69, 9.17) is 10.1 Å². The van der Waals surface area contributed by atoms with Gasteiger partial charge in [0.15, 0.2) is 0 Å². The lowest BCUT2D eigenvalue weighted by Crippen LogP contribution is -2.60. The number of aliphatic hydroxyl groups is 1. The molecule has 0 saturated carbocycles. The number of aliphatic hydroxyl groups excluding tert-OH is 1.